The minimum absolute atomic E-state index is 0.473. The third kappa shape index (κ3) is 3.32. The molecule has 0 aromatic heterocycles. The fourth-order valence-corrected chi connectivity index (χ4v) is 2.86. The van der Waals surface area contributed by atoms with Crippen LogP contribution in [0, 0.1) is 0 Å². The van der Waals surface area contributed by atoms with E-state index in [9.17, 15) is 4.21 Å². The number of hydrogen-bond acceptors (Lipinski definition) is 2. The second kappa shape index (κ2) is 5.34. The van der Waals surface area contributed by atoms with Crippen molar-refractivity contribution in [3.05, 3.63) is 59.1 Å². The first-order valence-corrected chi connectivity index (χ1v) is 6.83. The molecule has 0 saturated carbocycles. The molecule has 0 fully saturated rings. The number of nitrogens with two attached hydrogens (primary N) is 1. The van der Waals surface area contributed by atoms with Crippen molar-refractivity contribution in [2.24, 2.45) is 0 Å². The molecule has 1 unspecified atom stereocenters. The molecule has 2 aromatic rings. The maximum absolute atomic E-state index is 12.1. The second-order valence-electron chi connectivity index (χ2n) is 3.69. The Hall–Kier alpha value is -1.32. The number of hydrogen-bond donors (Lipinski definition) is 1. The van der Waals surface area contributed by atoms with Crippen LogP contribution in [-0.2, 0) is 16.6 Å². The quantitative estimate of drug-likeness (QED) is 0.866. The van der Waals surface area contributed by atoms with Crippen LogP contribution in [0.2, 0.25) is 5.02 Å². The summed E-state index contributed by atoms with van der Waals surface area (Å²) in [5.41, 5.74) is 7.30. The highest BCUT2D eigenvalue weighted by Gasteiger charge is 2.05. The maximum atomic E-state index is 12.1. The summed E-state index contributed by atoms with van der Waals surface area (Å²) in [5, 5.41) is 0.605. The summed E-state index contributed by atoms with van der Waals surface area (Å²) in [6.07, 6.45) is 0. The Kier molecular flexibility index (Phi) is 3.82. The van der Waals surface area contributed by atoms with Crippen molar-refractivity contribution in [2.75, 3.05) is 5.73 Å². The summed E-state index contributed by atoms with van der Waals surface area (Å²) in [7, 11) is -1.08. The Balaban J connectivity index is 2.14. The highest BCUT2D eigenvalue weighted by molar-refractivity contribution is 7.84. The Morgan fingerprint density at radius 3 is 2.47 bits per heavy atom. The lowest BCUT2D eigenvalue weighted by Gasteiger charge is -2.03. The fraction of sp³-hybridized carbons (Fsp3) is 0.0769. The minimum Gasteiger partial charge on any atom is -0.399 e. The zero-order chi connectivity index (χ0) is 12.3. The van der Waals surface area contributed by atoms with E-state index in [1.54, 1.807) is 18.2 Å². The van der Waals surface area contributed by atoms with Crippen LogP contribution in [0.25, 0.3) is 0 Å². The fourth-order valence-electron chi connectivity index (χ4n) is 1.46. The number of anilines is 1. The van der Waals surface area contributed by atoms with Gasteiger partial charge in [-0.05, 0) is 35.9 Å². The molecule has 0 amide bonds. The van der Waals surface area contributed by atoms with E-state index in [1.165, 1.54) is 0 Å². The van der Waals surface area contributed by atoms with Crippen molar-refractivity contribution < 1.29 is 4.21 Å². The van der Waals surface area contributed by atoms with Crippen molar-refractivity contribution in [3.63, 3.8) is 0 Å². The van der Waals surface area contributed by atoms with Gasteiger partial charge in [0, 0.05) is 15.6 Å². The van der Waals surface area contributed by atoms with E-state index in [1.807, 2.05) is 30.3 Å². The number of rotatable bonds is 3. The predicted octanol–water partition coefficient (Wildman–Crippen LogP) is 3.23. The molecule has 4 heteroatoms. The van der Waals surface area contributed by atoms with Gasteiger partial charge in [-0.15, -0.1) is 0 Å². The van der Waals surface area contributed by atoms with Gasteiger partial charge in [-0.25, -0.2) is 0 Å². The lowest BCUT2D eigenvalue weighted by Crippen LogP contribution is -1.96. The van der Waals surface area contributed by atoms with Crippen LogP contribution >= 0.6 is 11.6 Å². The Labute approximate surface area is 108 Å². The van der Waals surface area contributed by atoms with E-state index in [-0.39, 0.29) is 0 Å². The average Bonchev–Trinajstić information content (AvgIpc) is 2.32. The summed E-state index contributed by atoms with van der Waals surface area (Å²) in [6, 6.07) is 14.5. The van der Waals surface area contributed by atoms with Crippen LogP contribution < -0.4 is 5.73 Å². The standard InChI is InChI=1S/C13H12ClNOS/c14-11-2-1-3-13(8-11)17(16)9-10-4-6-12(15)7-5-10/h1-8H,9,15H2. The first-order chi connectivity index (χ1) is 8.15. The van der Waals surface area contributed by atoms with Crippen LogP contribution in [0.4, 0.5) is 5.69 Å². The summed E-state index contributed by atoms with van der Waals surface area (Å²) in [6.45, 7) is 0. The van der Waals surface area contributed by atoms with Gasteiger partial charge in [0.05, 0.1) is 16.6 Å². The molecule has 2 rings (SSSR count). The van der Waals surface area contributed by atoms with Gasteiger partial charge in [-0.3, -0.25) is 4.21 Å². The van der Waals surface area contributed by atoms with E-state index >= 15 is 0 Å². The van der Waals surface area contributed by atoms with Crippen molar-refractivity contribution in [2.45, 2.75) is 10.6 Å². The van der Waals surface area contributed by atoms with Gasteiger partial charge in [-0.1, -0.05) is 29.8 Å². The van der Waals surface area contributed by atoms with Crippen molar-refractivity contribution in [1.82, 2.24) is 0 Å². The van der Waals surface area contributed by atoms with Gasteiger partial charge >= 0.3 is 0 Å². The van der Waals surface area contributed by atoms with Crippen molar-refractivity contribution in [1.29, 1.82) is 0 Å². The van der Waals surface area contributed by atoms with Crippen LogP contribution in [-0.4, -0.2) is 4.21 Å². The molecule has 17 heavy (non-hydrogen) atoms. The van der Waals surface area contributed by atoms with Gasteiger partial charge in [0.1, 0.15) is 0 Å². The highest BCUT2D eigenvalue weighted by atomic mass is 35.5. The van der Waals surface area contributed by atoms with Gasteiger partial charge < -0.3 is 5.73 Å². The zero-order valence-electron chi connectivity index (χ0n) is 9.10. The van der Waals surface area contributed by atoms with E-state index < -0.39 is 10.8 Å². The molecule has 0 aliphatic rings. The number of halogens is 1. The molecule has 0 saturated heterocycles. The van der Waals surface area contributed by atoms with Crippen LogP contribution in [0.1, 0.15) is 5.56 Å². The van der Waals surface area contributed by atoms with E-state index in [0.29, 0.717) is 16.5 Å². The molecule has 0 radical (unpaired) electrons. The van der Waals surface area contributed by atoms with Gasteiger partial charge in [0.15, 0.2) is 0 Å². The van der Waals surface area contributed by atoms with Crippen LogP contribution in [0.15, 0.2) is 53.4 Å². The lowest BCUT2D eigenvalue weighted by atomic mass is 10.2. The molecular weight excluding hydrogens is 254 g/mol. The van der Waals surface area contributed by atoms with Crippen molar-refractivity contribution >= 4 is 28.1 Å². The highest BCUT2D eigenvalue weighted by Crippen LogP contribution is 2.17. The topological polar surface area (TPSA) is 43.1 Å². The number of benzene rings is 2. The van der Waals surface area contributed by atoms with Crippen molar-refractivity contribution in [3.8, 4) is 0 Å². The van der Waals surface area contributed by atoms with Gasteiger partial charge in [-0.2, -0.15) is 0 Å². The maximum Gasteiger partial charge on any atom is 0.0574 e. The smallest absolute Gasteiger partial charge is 0.0574 e. The summed E-state index contributed by atoms with van der Waals surface area (Å²) in [5.74, 6) is 0.473. The van der Waals surface area contributed by atoms with Crippen LogP contribution in [0.5, 0.6) is 0 Å². The molecule has 2 N–H and O–H groups in total. The van der Waals surface area contributed by atoms with Gasteiger partial charge in [0.2, 0.25) is 0 Å². The average molecular weight is 266 g/mol. The molecule has 0 aliphatic carbocycles. The molecule has 2 aromatic carbocycles. The van der Waals surface area contributed by atoms with Crippen LogP contribution in [0.3, 0.4) is 0 Å². The lowest BCUT2D eigenvalue weighted by molar-refractivity contribution is 0.682. The number of nitrogen functional groups attached to an aromatic ring is 1. The van der Waals surface area contributed by atoms with E-state index in [4.69, 9.17) is 17.3 Å². The SMILES string of the molecule is Nc1ccc(CS(=O)c2cccc(Cl)c2)cc1. The molecular formula is C13H12ClNOS. The largest absolute Gasteiger partial charge is 0.399 e. The molecule has 88 valence electrons. The normalized spacial score (nSPS) is 12.3. The Bertz CT molecular complexity index is 539. The molecule has 1 atom stereocenters. The van der Waals surface area contributed by atoms with Gasteiger partial charge in [0.25, 0.3) is 0 Å². The molecule has 0 spiro atoms. The Morgan fingerprint density at radius 1 is 1.12 bits per heavy atom. The third-order valence-corrected chi connectivity index (χ3v) is 3.95. The third-order valence-electron chi connectivity index (χ3n) is 2.34. The summed E-state index contributed by atoms with van der Waals surface area (Å²) < 4.78 is 12.1. The molecule has 2 nitrogen and oxygen atoms in total. The van der Waals surface area contributed by atoms with E-state index in [2.05, 4.69) is 0 Å². The Morgan fingerprint density at radius 2 is 1.82 bits per heavy atom. The first kappa shape index (κ1) is 12.1. The second-order valence-corrected chi connectivity index (χ2v) is 5.58. The molecule has 0 aliphatic heterocycles. The molecule has 0 heterocycles. The monoisotopic (exact) mass is 265 g/mol. The first-order valence-electron chi connectivity index (χ1n) is 5.13. The summed E-state index contributed by atoms with van der Waals surface area (Å²) >= 11 is 5.86. The molecule has 0 bridgehead atoms. The minimum atomic E-state index is -1.08. The van der Waals surface area contributed by atoms with E-state index in [0.717, 1.165) is 10.5 Å². The predicted molar refractivity (Wildman–Crippen MR) is 72.4 cm³/mol. The summed E-state index contributed by atoms with van der Waals surface area (Å²) in [4.78, 5) is 0.745. The zero-order valence-corrected chi connectivity index (χ0v) is 10.7.